The highest BCUT2D eigenvalue weighted by atomic mass is 32.1. The van der Waals surface area contributed by atoms with Gasteiger partial charge in [0.05, 0.1) is 14.7 Å². The van der Waals surface area contributed by atoms with Gasteiger partial charge in [-0.15, -0.1) is 0 Å². The number of nitrogens with one attached hydrogen (secondary N) is 1. The summed E-state index contributed by atoms with van der Waals surface area (Å²) in [6, 6.07) is 0. The summed E-state index contributed by atoms with van der Waals surface area (Å²) in [6.45, 7) is 12.0. The molecule has 0 unspecified atom stereocenters. The summed E-state index contributed by atoms with van der Waals surface area (Å²) < 4.78 is 1.74. The van der Waals surface area contributed by atoms with Crippen molar-refractivity contribution in [3.63, 3.8) is 0 Å². The highest BCUT2D eigenvalue weighted by Crippen LogP contribution is 2.36. The highest BCUT2D eigenvalue weighted by Gasteiger charge is 2.25. The maximum absolute atomic E-state index is 5.36. The molecule has 0 saturated heterocycles. The molecule has 0 fully saturated rings. The van der Waals surface area contributed by atoms with E-state index in [-0.39, 0.29) is 5.41 Å². The standard InChI is InChI=1S/C15H26N2S2/c1-6-17(5)10-8-7-9-16-12-11(15(2,3)4)13(18)14(12)19/h16H,6-10H2,1-5H3. The lowest BCUT2D eigenvalue weighted by Crippen LogP contribution is -2.21. The molecule has 0 heterocycles. The van der Waals surface area contributed by atoms with Crippen LogP contribution in [0.4, 0.5) is 5.69 Å². The van der Waals surface area contributed by atoms with Gasteiger partial charge in [0, 0.05) is 12.1 Å². The lowest BCUT2D eigenvalue weighted by atomic mass is 9.83. The maximum atomic E-state index is 5.36. The summed E-state index contributed by atoms with van der Waals surface area (Å²) in [4.78, 5) is 2.34. The average Bonchev–Trinajstić information content (AvgIpc) is 2.34. The summed E-state index contributed by atoms with van der Waals surface area (Å²) in [5.74, 6) is 0. The van der Waals surface area contributed by atoms with Crippen LogP contribution in [0.15, 0.2) is 0 Å². The summed E-state index contributed by atoms with van der Waals surface area (Å²) >= 11 is 10.7. The molecule has 0 aliphatic carbocycles. The van der Waals surface area contributed by atoms with Crippen molar-refractivity contribution >= 4 is 30.1 Å². The van der Waals surface area contributed by atoms with Crippen LogP contribution in [0.25, 0.3) is 0 Å². The number of nitrogens with zero attached hydrogens (tertiary/aromatic N) is 1. The third-order valence-corrected chi connectivity index (χ3v) is 4.41. The molecule has 0 amide bonds. The molecular formula is C15H26N2S2. The van der Waals surface area contributed by atoms with Crippen LogP contribution in [0.5, 0.6) is 0 Å². The van der Waals surface area contributed by atoms with E-state index in [2.05, 4.69) is 45.0 Å². The van der Waals surface area contributed by atoms with Crippen LogP contribution in [0.2, 0.25) is 0 Å². The maximum Gasteiger partial charge on any atom is 0.0796 e. The third kappa shape index (κ3) is 4.33. The molecule has 0 aliphatic rings. The van der Waals surface area contributed by atoms with Gasteiger partial charge in [0.2, 0.25) is 0 Å². The van der Waals surface area contributed by atoms with Crippen molar-refractivity contribution in [2.45, 2.75) is 46.0 Å². The van der Waals surface area contributed by atoms with Crippen molar-refractivity contribution < 1.29 is 0 Å². The number of anilines is 1. The molecule has 2 nitrogen and oxygen atoms in total. The van der Waals surface area contributed by atoms with Crippen LogP contribution in [-0.4, -0.2) is 31.6 Å². The molecule has 108 valence electrons. The van der Waals surface area contributed by atoms with Crippen LogP contribution >= 0.6 is 24.4 Å². The van der Waals surface area contributed by atoms with Gasteiger partial charge in [0.25, 0.3) is 0 Å². The fourth-order valence-corrected chi connectivity index (χ4v) is 2.94. The van der Waals surface area contributed by atoms with Crippen LogP contribution in [0, 0.1) is 9.02 Å². The van der Waals surface area contributed by atoms with Gasteiger partial charge in [-0.25, -0.2) is 0 Å². The largest absolute Gasteiger partial charge is 0.384 e. The SMILES string of the molecule is CCN(C)CCCCNc1c(C(C)(C)C)c(=S)c1=S. The summed E-state index contributed by atoms with van der Waals surface area (Å²) in [5.41, 5.74) is 2.44. The minimum atomic E-state index is 0.0875. The zero-order chi connectivity index (χ0) is 14.6. The lowest BCUT2D eigenvalue weighted by molar-refractivity contribution is 0.345. The second kappa shape index (κ2) is 6.91. The molecule has 0 aromatic heterocycles. The molecule has 0 bridgehead atoms. The number of hydrogen-bond acceptors (Lipinski definition) is 4. The van der Waals surface area contributed by atoms with Crippen molar-refractivity contribution in [3.8, 4) is 0 Å². The first-order valence-corrected chi connectivity index (χ1v) is 7.87. The van der Waals surface area contributed by atoms with E-state index >= 15 is 0 Å². The number of rotatable bonds is 7. The van der Waals surface area contributed by atoms with E-state index in [0.29, 0.717) is 0 Å². The molecule has 1 aromatic rings. The highest BCUT2D eigenvalue weighted by molar-refractivity contribution is 7.74. The van der Waals surface area contributed by atoms with Crippen LogP contribution < -0.4 is 5.32 Å². The fourth-order valence-electron chi connectivity index (χ4n) is 2.15. The van der Waals surface area contributed by atoms with Gasteiger partial charge in [0.1, 0.15) is 0 Å². The molecule has 4 heteroatoms. The van der Waals surface area contributed by atoms with E-state index in [9.17, 15) is 0 Å². The van der Waals surface area contributed by atoms with Gasteiger partial charge in [-0.2, -0.15) is 0 Å². The van der Waals surface area contributed by atoms with Gasteiger partial charge in [-0.05, 0) is 38.4 Å². The lowest BCUT2D eigenvalue weighted by Gasteiger charge is -2.27. The van der Waals surface area contributed by atoms with Crippen LogP contribution in [0.3, 0.4) is 0 Å². The van der Waals surface area contributed by atoms with Crippen molar-refractivity contribution in [2.24, 2.45) is 0 Å². The predicted molar refractivity (Wildman–Crippen MR) is 90.1 cm³/mol. The monoisotopic (exact) mass is 298 g/mol. The van der Waals surface area contributed by atoms with Gasteiger partial charge < -0.3 is 10.2 Å². The van der Waals surface area contributed by atoms with E-state index in [0.717, 1.165) is 34.3 Å². The van der Waals surface area contributed by atoms with Gasteiger partial charge in [-0.3, -0.25) is 0 Å². The molecule has 1 N–H and O–H groups in total. The first-order valence-electron chi connectivity index (χ1n) is 7.05. The minimum Gasteiger partial charge on any atom is -0.384 e. The topological polar surface area (TPSA) is 15.3 Å². The zero-order valence-electron chi connectivity index (χ0n) is 12.8. The van der Waals surface area contributed by atoms with Gasteiger partial charge in [0.15, 0.2) is 0 Å². The van der Waals surface area contributed by atoms with E-state index in [4.69, 9.17) is 24.4 Å². The third-order valence-electron chi connectivity index (χ3n) is 3.47. The number of unbranched alkanes of at least 4 members (excludes halogenated alkanes) is 1. The fraction of sp³-hybridized carbons (Fsp3) is 0.733. The van der Waals surface area contributed by atoms with Gasteiger partial charge >= 0.3 is 0 Å². The molecule has 0 atom stereocenters. The quantitative estimate of drug-likeness (QED) is 0.590. The molecule has 1 aromatic carbocycles. The zero-order valence-corrected chi connectivity index (χ0v) is 14.4. The second-order valence-corrected chi connectivity index (χ2v) is 7.00. The summed E-state index contributed by atoms with van der Waals surface area (Å²) in [6.07, 6.45) is 2.38. The molecule has 0 aliphatic heterocycles. The summed E-state index contributed by atoms with van der Waals surface area (Å²) in [7, 11) is 2.16. The van der Waals surface area contributed by atoms with Crippen molar-refractivity contribution in [1.82, 2.24) is 4.90 Å². The van der Waals surface area contributed by atoms with E-state index in [1.165, 1.54) is 18.4 Å². The Bertz CT molecular complexity index is 479. The molecule has 0 saturated carbocycles. The Morgan fingerprint density at radius 2 is 1.74 bits per heavy atom. The van der Waals surface area contributed by atoms with Gasteiger partial charge in [-0.1, -0.05) is 52.1 Å². The first-order chi connectivity index (χ1) is 8.79. The normalized spacial score (nSPS) is 12.3. The Morgan fingerprint density at radius 1 is 1.11 bits per heavy atom. The Balaban J connectivity index is 2.45. The first kappa shape index (κ1) is 16.7. The van der Waals surface area contributed by atoms with Crippen molar-refractivity contribution in [1.29, 1.82) is 0 Å². The average molecular weight is 299 g/mol. The molecular weight excluding hydrogens is 272 g/mol. The van der Waals surface area contributed by atoms with E-state index in [1.807, 2.05) is 0 Å². The Morgan fingerprint density at radius 3 is 2.26 bits per heavy atom. The Kier molecular flexibility index (Phi) is 6.09. The van der Waals surface area contributed by atoms with Crippen LogP contribution in [-0.2, 0) is 5.41 Å². The van der Waals surface area contributed by atoms with E-state index < -0.39 is 0 Å². The summed E-state index contributed by atoms with van der Waals surface area (Å²) in [5, 5.41) is 3.48. The van der Waals surface area contributed by atoms with E-state index in [1.54, 1.807) is 0 Å². The minimum absolute atomic E-state index is 0.0875. The molecule has 1 rings (SSSR count). The molecule has 0 spiro atoms. The predicted octanol–water partition coefficient (Wildman–Crippen LogP) is 4.46. The second-order valence-electron chi connectivity index (χ2n) is 6.19. The Hall–Kier alpha value is -0.320. The van der Waals surface area contributed by atoms with Crippen molar-refractivity contribution in [3.05, 3.63) is 14.6 Å². The molecule has 19 heavy (non-hydrogen) atoms. The number of hydrogen-bond donors (Lipinski definition) is 1. The molecule has 0 radical (unpaired) electrons. The smallest absolute Gasteiger partial charge is 0.0796 e. The van der Waals surface area contributed by atoms with Crippen LogP contribution in [0.1, 0.15) is 46.1 Å². The Labute approximate surface area is 127 Å². The van der Waals surface area contributed by atoms with Crippen molar-refractivity contribution in [2.75, 3.05) is 32.0 Å².